The summed E-state index contributed by atoms with van der Waals surface area (Å²) >= 11 is 0. The third-order valence-corrected chi connectivity index (χ3v) is 4.27. The van der Waals surface area contributed by atoms with Gasteiger partial charge in [0.2, 0.25) is 0 Å². The number of esters is 1. The Kier molecular flexibility index (Phi) is 4.69. The van der Waals surface area contributed by atoms with E-state index in [1.54, 1.807) is 32.4 Å². The molecule has 0 saturated heterocycles. The summed E-state index contributed by atoms with van der Waals surface area (Å²) in [5.74, 6) is 2.92. The summed E-state index contributed by atoms with van der Waals surface area (Å²) in [4.78, 5) is 12.3. The predicted molar refractivity (Wildman–Crippen MR) is 86.4 cm³/mol. The molecule has 1 aromatic carbocycles. The zero-order valence-electron chi connectivity index (χ0n) is 14.1. The van der Waals surface area contributed by atoms with Gasteiger partial charge in [-0.15, -0.1) is 10.2 Å². The maximum absolute atomic E-state index is 12.3. The number of methoxy groups -OCH3 is 2. The Labute approximate surface area is 140 Å². The van der Waals surface area contributed by atoms with E-state index < -0.39 is 0 Å². The zero-order chi connectivity index (χ0) is 17.1. The quantitative estimate of drug-likeness (QED) is 0.780. The number of hydrogen-bond acceptors (Lipinski definition) is 6. The molecule has 0 aliphatic carbocycles. The Morgan fingerprint density at radius 1 is 1.21 bits per heavy atom. The van der Waals surface area contributed by atoms with E-state index in [9.17, 15) is 4.79 Å². The molecule has 2 heterocycles. The first-order valence-corrected chi connectivity index (χ1v) is 7.89. The van der Waals surface area contributed by atoms with Crippen LogP contribution >= 0.6 is 0 Å². The Balaban J connectivity index is 1.63. The van der Waals surface area contributed by atoms with Gasteiger partial charge in [-0.25, -0.2) is 4.79 Å². The van der Waals surface area contributed by atoms with Gasteiger partial charge in [0.25, 0.3) is 0 Å². The van der Waals surface area contributed by atoms with Crippen LogP contribution in [0.2, 0.25) is 0 Å². The van der Waals surface area contributed by atoms with Gasteiger partial charge in [-0.05, 0) is 25.5 Å². The van der Waals surface area contributed by atoms with Crippen LogP contribution in [0.3, 0.4) is 0 Å². The van der Waals surface area contributed by atoms with Crippen molar-refractivity contribution in [2.45, 2.75) is 26.3 Å². The van der Waals surface area contributed by atoms with E-state index in [1.807, 2.05) is 6.92 Å². The van der Waals surface area contributed by atoms with Gasteiger partial charge in [-0.1, -0.05) is 0 Å². The van der Waals surface area contributed by atoms with Crippen LogP contribution in [0.25, 0.3) is 0 Å². The van der Waals surface area contributed by atoms with Gasteiger partial charge >= 0.3 is 5.97 Å². The lowest BCUT2D eigenvalue weighted by molar-refractivity contribution is 0.0408. The molecule has 0 saturated carbocycles. The summed E-state index contributed by atoms with van der Waals surface area (Å²) in [5.41, 5.74) is 0.420. The van der Waals surface area contributed by atoms with Crippen molar-refractivity contribution in [1.29, 1.82) is 0 Å². The van der Waals surface area contributed by atoms with Crippen molar-refractivity contribution in [3.63, 3.8) is 0 Å². The molecule has 1 atom stereocenters. The first-order valence-electron chi connectivity index (χ1n) is 7.89. The lowest BCUT2D eigenvalue weighted by Crippen LogP contribution is -2.26. The second-order valence-corrected chi connectivity index (χ2v) is 5.88. The van der Waals surface area contributed by atoms with Crippen LogP contribution < -0.4 is 9.47 Å². The molecular weight excluding hydrogens is 310 g/mol. The van der Waals surface area contributed by atoms with Crippen molar-refractivity contribution in [2.75, 3.05) is 20.8 Å². The third-order valence-electron chi connectivity index (χ3n) is 4.27. The van der Waals surface area contributed by atoms with Gasteiger partial charge in [-0.3, -0.25) is 0 Å². The van der Waals surface area contributed by atoms with E-state index >= 15 is 0 Å². The van der Waals surface area contributed by atoms with Gasteiger partial charge in [0.1, 0.15) is 23.1 Å². The number of carbonyl (C=O) groups excluding carboxylic acids is 1. The van der Waals surface area contributed by atoms with Crippen molar-refractivity contribution in [3.8, 4) is 11.5 Å². The number of benzene rings is 1. The molecule has 0 amide bonds. The molecule has 7 heteroatoms. The number of aromatic nitrogens is 3. The first-order chi connectivity index (χ1) is 11.6. The molecule has 0 radical (unpaired) electrons. The highest BCUT2D eigenvalue weighted by Crippen LogP contribution is 2.24. The normalized spacial score (nSPS) is 16.4. The van der Waals surface area contributed by atoms with Crippen LogP contribution in [0.15, 0.2) is 18.2 Å². The highest BCUT2D eigenvalue weighted by molar-refractivity contribution is 5.90. The van der Waals surface area contributed by atoms with Crippen LogP contribution in [0.4, 0.5) is 0 Å². The van der Waals surface area contributed by atoms with Crippen LogP contribution in [0.5, 0.6) is 11.5 Å². The molecule has 0 fully saturated rings. The van der Waals surface area contributed by atoms with E-state index in [0.717, 1.165) is 31.0 Å². The van der Waals surface area contributed by atoms with Crippen molar-refractivity contribution in [1.82, 2.24) is 14.8 Å². The van der Waals surface area contributed by atoms with E-state index in [-0.39, 0.29) is 11.9 Å². The molecule has 1 aliphatic heterocycles. The second kappa shape index (κ2) is 6.90. The van der Waals surface area contributed by atoms with E-state index in [1.165, 1.54) is 0 Å². The zero-order valence-corrected chi connectivity index (χ0v) is 14.1. The number of nitrogens with zero attached hydrogens (tertiary/aromatic N) is 3. The smallest absolute Gasteiger partial charge is 0.338 e. The molecule has 3 rings (SSSR count). The Morgan fingerprint density at radius 3 is 2.58 bits per heavy atom. The summed E-state index contributed by atoms with van der Waals surface area (Å²) in [6.07, 6.45) is 1.79. The summed E-state index contributed by atoms with van der Waals surface area (Å²) in [7, 11) is 3.09. The molecule has 0 unspecified atom stereocenters. The fourth-order valence-corrected chi connectivity index (χ4v) is 2.87. The topological polar surface area (TPSA) is 75.5 Å². The number of fused-ring (bicyclic) bond motifs is 1. The van der Waals surface area contributed by atoms with Gasteiger partial charge < -0.3 is 18.8 Å². The minimum atomic E-state index is -0.376. The monoisotopic (exact) mass is 331 g/mol. The number of rotatable bonds is 5. The number of carbonyl (C=O) groups is 1. The molecular formula is C17H21N3O4. The number of aryl methyl sites for hydroxylation is 2. The molecule has 24 heavy (non-hydrogen) atoms. The van der Waals surface area contributed by atoms with Crippen LogP contribution in [-0.4, -0.2) is 41.6 Å². The van der Waals surface area contributed by atoms with Crippen LogP contribution in [-0.2, 0) is 17.7 Å². The average Bonchev–Trinajstić information content (AvgIpc) is 2.99. The molecule has 0 spiro atoms. The molecule has 0 bridgehead atoms. The maximum atomic E-state index is 12.3. The van der Waals surface area contributed by atoms with Gasteiger partial charge in [0.15, 0.2) is 0 Å². The predicted octanol–water partition coefficient (Wildman–Crippen LogP) is 2.02. The SMILES string of the molecule is COc1cc(OC)cc(C(=O)OC[C@H]2CCc3nnc(C)n3C2)c1. The molecule has 7 nitrogen and oxygen atoms in total. The van der Waals surface area contributed by atoms with E-state index in [4.69, 9.17) is 14.2 Å². The summed E-state index contributed by atoms with van der Waals surface area (Å²) in [6, 6.07) is 5.01. The van der Waals surface area contributed by atoms with Crippen LogP contribution in [0, 0.1) is 12.8 Å². The lowest BCUT2D eigenvalue weighted by Gasteiger charge is -2.23. The Morgan fingerprint density at radius 2 is 1.92 bits per heavy atom. The van der Waals surface area contributed by atoms with E-state index in [0.29, 0.717) is 23.7 Å². The lowest BCUT2D eigenvalue weighted by atomic mass is 10.0. The largest absolute Gasteiger partial charge is 0.497 e. The molecule has 2 aromatic rings. The van der Waals surface area contributed by atoms with Crippen molar-refractivity contribution < 1.29 is 19.0 Å². The van der Waals surface area contributed by atoms with Crippen molar-refractivity contribution in [3.05, 3.63) is 35.4 Å². The highest BCUT2D eigenvalue weighted by atomic mass is 16.5. The first kappa shape index (κ1) is 16.3. The Hall–Kier alpha value is -2.57. The second-order valence-electron chi connectivity index (χ2n) is 5.88. The summed E-state index contributed by atoms with van der Waals surface area (Å²) in [5, 5.41) is 8.24. The summed E-state index contributed by atoms with van der Waals surface area (Å²) < 4.78 is 17.9. The van der Waals surface area contributed by atoms with Crippen molar-refractivity contribution in [2.24, 2.45) is 5.92 Å². The standard InChI is InChI=1S/C17H21N3O4/c1-11-18-19-16-5-4-12(9-20(11)16)10-24-17(21)13-6-14(22-2)8-15(7-13)23-3/h6-8,12H,4-5,9-10H2,1-3H3/t12-/m0/s1. The minimum absolute atomic E-state index is 0.267. The average molecular weight is 331 g/mol. The number of ether oxygens (including phenoxy) is 3. The molecule has 1 aliphatic rings. The number of hydrogen-bond donors (Lipinski definition) is 0. The fourth-order valence-electron chi connectivity index (χ4n) is 2.87. The minimum Gasteiger partial charge on any atom is -0.497 e. The van der Waals surface area contributed by atoms with Crippen molar-refractivity contribution >= 4 is 5.97 Å². The van der Waals surface area contributed by atoms with Crippen LogP contribution in [0.1, 0.15) is 28.4 Å². The molecule has 0 N–H and O–H groups in total. The van der Waals surface area contributed by atoms with Gasteiger partial charge in [0, 0.05) is 24.9 Å². The molecule has 1 aromatic heterocycles. The van der Waals surface area contributed by atoms with E-state index in [2.05, 4.69) is 14.8 Å². The Bertz CT molecular complexity index is 719. The summed E-state index contributed by atoms with van der Waals surface area (Å²) in [6.45, 7) is 3.09. The fraction of sp³-hybridized carbons (Fsp3) is 0.471. The molecule has 128 valence electrons. The third kappa shape index (κ3) is 3.34. The highest BCUT2D eigenvalue weighted by Gasteiger charge is 2.23. The van der Waals surface area contributed by atoms with Gasteiger partial charge in [-0.2, -0.15) is 0 Å². The van der Waals surface area contributed by atoms with Gasteiger partial charge in [0.05, 0.1) is 26.4 Å². The maximum Gasteiger partial charge on any atom is 0.338 e.